The van der Waals surface area contributed by atoms with E-state index in [1.807, 2.05) is 60.1 Å². The topological polar surface area (TPSA) is 119 Å². The van der Waals surface area contributed by atoms with Crippen LogP contribution in [0.1, 0.15) is 50.7 Å². The summed E-state index contributed by atoms with van der Waals surface area (Å²) in [6.07, 6.45) is 4.46. The van der Waals surface area contributed by atoms with Gasteiger partial charge in [-0.2, -0.15) is 5.48 Å². The van der Waals surface area contributed by atoms with Crippen LogP contribution < -0.4 is 15.1 Å². The number of hydroxylamine groups is 1. The van der Waals surface area contributed by atoms with Crippen molar-refractivity contribution in [3.05, 3.63) is 65.7 Å². The summed E-state index contributed by atoms with van der Waals surface area (Å²) < 4.78 is 26.5. The highest BCUT2D eigenvalue weighted by Gasteiger charge is 2.48. The fourth-order valence-electron chi connectivity index (χ4n) is 5.49. The van der Waals surface area contributed by atoms with E-state index in [2.05, 4.69) is 5.32 Å². The fraction of sp³-hybridized carbons (Fsp3) is 0.500. The minimum Gasteiger partial charge on any atom is -0.343 e. The van der Waals surface area contributed by atoms with E-state index in [9.17, 15) is 23.2 Å². The lowest BCUT2D eigenvalue weighted by Crippen LogP contribution is -2.58. The number of anilines is 1. The Bertz CT molecular complexity index is 1260. The highest BCUT2D eigenvalue weighted by atomic mass is 32.2. The molecule has 3 N–H and O–H groups in total. The molecule has 4 rings (SSSR count). The first-order chi connectivity index (χ1) is 18.0. The number of carbonyl (C=O) groups is 2. The Morgan fingerprint density at radius 3 is 2.32 bits per heavy atom. The molecule has 0 unspecified atom stereocenters. The molecule has 2 aliphatic heterocycles. The number of sulfonamides is 1. The Kier molecular flexibility index (Phi) is 8.15. The van der Waals surface area contributed by atoms with Crippen molar-refractivity contribution in [3.63, 3.8) is 0 Å². The number of fused-ring (bicyclic) bond motifs is 2. The molecule has 0 bridgehead atoms. The van der Waals surface area contributed by atoms with E-state index in [0.29, 0.717) is 45.3 Å². The Balaban J connectivity index is 1.47. The van der Waals surface area contributed by atoms with Crippen molar-refractivity contribution in [2.75, 3.05) is 30.2 Å². The zero-order valence-electron chi connectivity index (χ0n) is 22.3. The van der Waals surface area contributed by atoms with E-state index in [4.69, 9.17) is 0 Å². The van der Waals surface area contributed by atoms with Crippen molar-refractivity contribution in [1.29, 1.82) is 0 Å². The third-order valence-corrected chi connectivity index (χ3v) is 9.00. The second-order valence-electron chi connectivity index (χ2n) is 11.0. The molecular formula is C28H38N4O5S. The maximum Gasteiger partial charge on any atom is 0.245 e. The molecule has 38 heavy (non-hydrogen) atoms. The van der Waals surface area contributed by atoms with E-state index in [1.54, 1.807) is 18.7 Å². The van der Waals surface area contributed by atoms with E-state index in [-0.39, 0.29) is 11.3 Å². The number of para-hydroxylation sites is 1. The molecule has 206 valence electrons. The van der Waals surface area contributed by atoms with Gasteiger partial charge in [-0.3, -0.25) is 13.9 Å². The minimum absolute atomic E-state index is 0.152. The lowest BCUT2D eigenvalue weighted by atomic mass is 9.74. The van der Waals surface area contributed by atoms with Crippen LogP contribution in [0, 0.1) is 0 Å². The Morgan fingerprint density at radius 1 is 1.05 bits per heavy atom. The Labute approximate surface area is 225 Å². The summed E-state index contributed by atoms with van der Waals surface area (Å²) in [6, 6.07) is 16.9. The quantitative estimate of drug-likeness (QED) is 0.419. The van der Waals surface area contributed by atoms with Crippen LogP contribution in [0.2, 0.25) is 0 Å². The van der Waals surface area contributed by atoms with Crippen molar-refractivity contribution in [2.45, 2.75) is 62.9 Å². The SMILES string of the molecule is CC(C)(NO)C(=O)N[C@H](CCCc1ccccc1)C(=O)N1CCC2(CC1)CN(S(C)(=O)=O)c1ccccc12. The summed E-state index contributed by atoms with van der Waals surface area (Å²) in [4.78, 5) is 28.3. The van der Waals surface area contributed by atoms with Crippen LogP contribution in [0.15, 0.2) is 54.6 Å². The second-order valence-corrected chi connectivity index (χ2v) is 12.9. The van der Waals surface area contributed by atoms with Crippen molar-refractivity contribution < 1.29 is 23.2 Å². The zero-order chi connectivity index (χ0) is 27.6. The number of nitrogens with one attached hydrogen (secondary N) is 2. The first-order valence-electron chi connectivity index (χ1n) is 13.1. The third-order valence-electron chi connectivity index (χ3n) is 7.87. The number of likely N-dealkylation sites (tertiary alicyclic amines) is 1. The van der Waals surface area contributed by atoms with Crippen LogP contribution in [0.5, 0.6) is 0 Å². The maximum atomic E-state index is 13.7. The summed E-state index contributed by atoms with van der Waals surface area (Å²) in [5.74, 6) is -0.610. The Hall–Kier alpha value is -2.95. The summed E-state index contributed by atoms with van der Waals surface area (Å²) in [5, 5.41) is 12.3. The lowest BCUT2D eigenvalue weighted by molar-refractivity contribution is -0.140. The number of piperidine rings is 1. The van der Waals surface area contributed by atoms with Crippen LogP contribution in [0.3, 0.4) is 0 Å². The van der Waals surface area contributed by atoms with Gasteiger partial charge in [0.15, 0.2) is 0 Å². The number of rotatable bonds is 9. The van der Waals surface area contributed by atoms with Crippen LogP contribution in [-0.2, 0) is 31.4 Å². The van der Waals surface area contributed by atoms with Gasteiger partial charge in [-0.15, -0.1) is 0 Å². The van der Waals surface area contributed by atoms with Crippen molar-refractivity contribution >= 4 is 27.5 Å². The monoisotopic (exact) mass is 542 g/mol. The first-order valence-corrected chi connectivity index (χ1v) is 14.9. The van der Waals surface area contributed by atoms with Gasteiger partial charge in [-0.1, -0.05) is 48.5 Å². The molecule has 1 fully saturated rings. The molecule has 1 saturated heterocycles. The van der Waals surface area contributed by atoms with E-state index in [1.165, 1.54) is 10.6 Å². The molecule has 2 aromatic carbocycles. The normalized spacial score (nSPS) is 17.8. The molecule has 9 nitrogen and oxygen atoms in total. The van der Waals surface area contributed by atoms with Crippen LogP contribution in [0.4, 0.5) is 5.69 Å². The van der Waals surface area contributed by atoms with Crippen LogP contribution in [-0.4, -0.2) is 67.8 Å². The first kappa shape index (κ1) is 28.1. The van der Waals surface area contributed by atoms with Gasteiger partial charge in [0, 0.05) is 25.0 Å². The largest absolute Gasteiger partial charge is 0.343 e. The molecule has 0 saturated carbocycles. The van der Waals surface area contributed by atoms with Crippen molar-refractivity contribution in [1.82, 2.24) is 15.7 Å². The Morgan fingerprint density at radius 2 is 1.68 bits per heavy atom. The lowest BCUT2D eigenvalue weighted by Gasteiger charge is -2.41. The van der Waals surface area contributed by atoms with Gasteiger partial charge < -0.3 is 15.4 Å². The molecule has 0 aromatic heterocycles. The van der Waals surface area contributed by atoms with E-state index < -0.39 is 27.5 Å². The molecule has 10 heteroatoms. The number of carbonyl (C=O) groups excluding carboxylic acids is 2. The number of hydrogen-bond donors (Lipinski definition) is 3. The predicted octanol–water partition coefficient (Wildman–Crippen LogP) is 2.59. The van der Waals surface area contributed by atoms with E-state index in [0.717, 1.165) is 23.2 Å². The number of amides is 2. The fourth-order valence-corrected chi connectivity index (χ4v) is 6.48. The molecule has 2 aromatic rings. The van der Waals surface area contributed by atoms with Gasteiger partial charge in [0.05, 0.1) is 11.9 Å². The van der Waals surface area contributed by atoms with Gasteiger partial charge >= 0.3 is 0 Å². The van der Waals surface area contributed by atoms with Gasteiger partial charge in [-0.25, -0.2) is 8.42 Å². The summed E-state index contributed by atoms with van der Waals surface area (Å²) in [5.41, 5.74) is 3.33. The van der Waals surface area contributed by atoms with Crippen LogP contribution >= 0.6 is 0 Å². The number of aryl methyl sites for hydroxylation is 1. The molecule has 2 amide bonds. The highest BCUT2D eigenvalue weighted by molar-refractivity contribution is 7.92. The van der Waals surface area contributed by atoms with Gasteiger partial charge in [-0.05, 0) is 63.1 Å². The molecule has 1 atom stereocenters. The maximum absolute atomic E-state index is 13.7. The summed E-state index contributed by atoms with van der Waals surface area (Å²) >= 11 is 0. The number of nitrogens with zero attached hydrogens (tertiary/aromatic N) is 2. The average molecular weight is 543 g/mol. The van der Waals surface area contributed by atoms with E-state index >= 15 is 0 Å². The summed E-state index contributed by atoms with van der Waals surface area (Å²) in [6.45, 7) is 4.41. The summed E-state index contributed by atoms with van der Waals surface area (Å²) in [7, 11) is -3.42. The number of benzene rings is 2. The van der Waals surface area contributed by atoms with Crippen molar-refractivity contribution in [2.24, 2.45) is 0 Å². The third kappa shape index (κ3) is 5.87. The zero-order valence-corrected chi connectivity index (χ0v) is 23.1. The van der Waals surface area contributed by atoms with Crippen molar-refractivity contribution in [3.8, 4) is 0 Å². The van der Waals surface area contributed by atoms with Crippen LogP contribution in [0.25, 0.3) is 0 Å². The van der Waals surface area contributed by atoms with Gasteiger partial charge in [0.25, 0.3) is 0 Å². The number of hydrogen-bond acceptors (Lipinski definition) is 6. The van der Waals surface area contributed by atoms with Gasteiger partial charge in [0.1, 0.15) is 11.6 Å². The highest BCUT2D eigenvalue weighted by Crippen LogP contribution is 2.47. The molecular weight excluding hydrogens is 504 g/mol. The van der Waals surface area contributed by atoms with Gasteiger partial charge in [0.2, 0.25) is 21.8 Å². The standard InChI is InChI=1S/C28H38N4O5S/c1-27(2,30-35)26(34)29-23(14-9-12-21-10-5-4-6-11-21)25(33)31-18-16-28(17-19-31)20-32(38(3,36)37)24-15-8-7-13-22(24)28/h4-8,10-11,13,15,23,30,35H,9,12,14,16-20H2,1-3H3,(H,29,34)/t23-/m1/s1. The predicted molar refractivity (Wildman–Crippen MR) is 146 cm³/mol. The molecule has 0 radical (unpaired) electrons. The average Bonchev–Trinajstić information content (AvgIpc) is 3.23. The smallest absolute Gasteiger partial charge is 0.245 e. The molecule has 2 aliphatic rings. The second kappa shape index (κ2) is 11.0. The minimum atomic E-state index is -3.42. The molecule has 1 spiro atoms. The molecule has 2 heterocycles. The molecule has 0 aliphatic carbocycles.